The van der Waals surface area contributed by atoms with E-state index in [4.69, 9.17) is 4.74 Å². The largest absolute Gasteiger partial charge is 0.469 e. The summed E-state index contributed by atoms with van der Waals surface area (Å²) in [6.07, 6.45) is 2.12. The van der Waals surface area contributed by atoms with Gasteiger partial charge in [0.2, 0.25) is 0 Å². The van der Waals surface area contributed by atoms with Gasteiger partial charge in [-0.15, -0.1) is 0 Å². The number of fused-ring (bicyclic) bond motifs is 1. The van der Waals surface area contributed by atoms with E-state index < -0.39 is 0 Å². The van der Waals surface area contributed by atoms with E-state index in [0.29, 0.717) is 12.6 Å². The van der Waals surface area contributed by atoms with Crippen molar-refractivity contribution in [3.63, 3.8) is 0 Å². The molecule has 1 atom stereocenters. The molecule has 1 aliphatic rings. The van der Waals surface area contributed by atoms with Crippen molar-refractivity contribution >= 4 is 5.97 Å². The van der Waals surface area contributed by atoms with Crippen molar-refractivity contribution in [2.75, 3.05) is 13.7 Å². The van der Waals surface area contributed by atoms with Crippen LogP contribution in [0.5, 0.6) is 0 Å². The molecule has 0 radical (unpaired) electrons. The van der Waals surface area contributed by atoms with Crippen LogP contribution in [-0.2, 0) is 22.4 Å². The second-order valence-corrected chi connectivity index (χ2v) is 4.71. The summed E-state index contributed by atoms with van der Waals surface area (Å²) in [6.45, 7) is 2.58. The molecule has 0 aromatic heterocycles. The molecule has 1 aromatic carbocycles. The maximum Gasteiger partial charge on any atom is 0.309 e. The lowest BCUT2D eigenvalue weighted by Gasteiger charge is -2.15. The molecule has 2 rings (SSSR count). The van der Waals surface area contributed by atoms with Gasteiger partial charge in [-0.25, -0.2) is 0 Å². The molecule has 0 saturated heterocycles. The van der Waals surface area contributed by atoms with Gasteiger partial charge in [0, 0.05) is 12.6 Å². The first-order valence-corrected chi connectivity index (χ1v) is 6.08. The number of ether oxygens (including phenoxy) is 1. The fourth-order valence-electron chi connectivity index (χ4n) is 2.33. The van der Waals surface area contributed by atoms with Crippen LogP contribution in [0.2, 0.25) is 0 Å². The van der Waals surface area contributed by atoms with Crippen molar-refractivity contribution in [1.29, 1.82) is 0 Å². The Morgan fingerprint density at radius 3 is 2.53 bits per heavy atom. The van der Waals surface area contributed by atoms with Crippen LogP contribution in [0.4, 0.5) is 0 Å². The number of rotatable bonds is 4. The normalized spacial score (nSPS) is 16.6. The molecule has 3 heteroatoms. The van der Waals surface area contributed by atoms with E-state index in [1.165, 1.54) is 18.2 Å². The Morgan fingerprint density at radius 1 is 1.41 bits per heavy atom. The monoisotopic (exact) mass is 233 g/mol. The lowest BCUT2D eigenvalue weighted by molar-refractivity contribution is -0.144. The Hall–Kier alpha value is -1.35. The maximum atomic E-state index is 11.3. The highest BCUT2D eigenvalue weighted by Crippen LogP contribution is 2.21. The van der Waals surface area contributed by atoms with E-state index in [-0.39, 0.29) is 11.9 Å². The van der Waals surface area contributed by atoms with Crippen LogP contribution in [0.1, 0.15) is 18.1 Å². The highest BCUT2D eigenvalue weighted by molar-refractivity contribution is 5.72. The predicted octanol–water partition coefficient (Wildman–Crippen LogP) is 1.55. The topological polar surface area (TPSA) is 38.3 Å². The molecule has 0 heterocycles. The zero-order valence-corrected chi connectivity index (χ0v) is 10.4. The molecule has 1 N–H and O–H groups in total. The third-order valence-electron chi connectivity index (χ3n) is 3.37. The van der Waals surface area contributed by atoms with Crippen LogP contribution in [0.15, 0.2) is 24.3 Å². The minimum atomic E-state index is -0.145. The van der Waals surface area contributed by atoms with Crippen LogP contribution in [0.3, 0.4) is 0 Å². The predicted molar refractivity (Wildman–Crippen MR) is 66.8 cm³/mol. The highest BCUT2D eigenvalue weighted by atomic mass is 16.5. The van der Waals surface area contributed by atoms with E-state index >= 15 is 0 Å². The van der Waals surface area contributed by atoms with Gasteiger partial charge >= 0.3 is 5.97 Å². The molecular weight excluding hydrogens is 214 g/mol. The molecule has 0 aliphatic heterocycles. The first kappa shape index (κ1) is 12.1. The molecule has 0 bridgehead atoms. The Kier molecular flexibility index (Phi) is 3.79. The summed E-state index contributed by atoms with van der Waals surface area (Å²) < 4.78 is 4.71. The molecule has 0 amide bonds. The zero-order valence-electron chi connectivity index (χ0n) is 10.4. The van der Waals surface area contributed by atoms with Crippen molar-refractivity contribution in [3.8, 4) is 0 Å². The first-order chi connectivity index (χ1) is 8.20. The average Bonchev–Trinajstić information content (AvgIpc) is 2.77. The van der Waals surface area contributed by atoms with Gasteiger partial charge in [-0.05, 0) is 24.0 Å². The van der Waals surface area contributed by atoms with E-state index in [1.807, 2.05) is 6.92 Å². The molecule has 17 heavy (non-hydrogen) atoms. The Labute approximate surface area is 102 Å². The number of hydrogen-bond donors (Lipinski definition) is 1. The van der Waals surface area contributed by atoms with Gasteiger partial charge in [0.15, 0.2) is 0 Å². The highest BCUT2D eigenvalue weighted by Gasteiger charge is 2.22. The lowest BCUT2D eigenvalue weighted by atomic mass is 10.1. The van der Waals surface area contributed by atoms with Crippen LogP contribution in [0, 0.1) is 5.92 Å². The van der Waals surface area contributed by atoms with Crippen LogP contribution in [-0.4, -0.2) is 25.7 Å². The summed E-state index contributed by atoms with van der Waals surface area (Å²) in [5.41, 5.74) is 2.85. The summed E-state index contributed by atoms with van der Waals surface area (Å²) in [4.78, 5) is 11.3. The minimum Gasteiger partial charge on any atom is -0.469 e. The quantitative estimate of drug-likeness (QED) is 0.802. The average molecular weight is 233 g/mol. The van der Waals surface area contributed by atoms with Gasteiger partial charge in [0.25, 0.3) is 0 Å². The third kappa shape index (κ3) is 2.86. The number of carbonyl (C=O) groups is 1. The van der Waals surface area contributed by atoms with E-state index in [9.17, 15) is 4.79 Å². The maximum absolute atomic E-state index is 11.3. The van der Waals surface area contributed by atoms with Gasteiger partial charge in [-0.3, -0.25) is 4.79 Å². The molecule has 92 valence electrons. The number of benzene rings is 1. The number of methoxy groups -OCH3 is 1. The Bertz CT molecular complexity index is 378. The van der Waals surface area contributed by atoms with E-state index in [1.54, 1.807) is 0 Å². The molecule has 1 aliphatic carbocycles. The molecule has 3 nitrogen and oxygen atoms in total. The van der Waals surface area contributed by atoms with Crippen LogP contribution < -0.4 is 5.32 Å². The fourth-order valence-corrected chi connectivity index (χ4v) is 2.33. The third-order valence-corrected chi connectivity index (χ3v) is 3.37. The molecule has 0 fully saturated rings. The summed E-state index contributed by atoms with van der Waals surface area (Å²) in [5, 5.41) is 3.44. The smallest absolute Gasteiger partial charge is 0.309 e. The Morgan fingerprint density at radius 2 is 2.00 bits per heavy atom. The fraction of sp³-hybridized carbons (Fsp3) is 0.500. The SMILES string of the molecule is COC(=O)C(C)CNC1Cc2ccccc2C1. The van der Waals surface area contributed by atoms with Gasteiger partial charge < -0.3 is 10.1 Å². The van der Waals surface area contributed by atoms with Crippen molar-refractivity contribution in [2.45, 2.75) is 25.8 Å². The van der Waals surface area contributed by atoms with Crippen LogP contribution in [0.25, 0.3) is 0 Å². The van der Waals surface area contributed by atoms with Gasteiger partial charge in [0.1, 0.15) is 0 Å². The molecule has 0 saturated carbocycles. The van der Waals surface area contributed by atoms with Crippen molar-refractivity contribution in [2.24, 2.45) is 5.92 Å². The minimum absolute atomic E-state index is 0.0799. The molecular formula is C14H19NO2. The summed E-state index contributed by atoms with van der Waals surface area (Å²) in [7, 11) is 1.43. The van der Waals surface area contributed by atoms with Gasteiger partial charge in [0.05, 0.1) is 13.0 Å². The lowest BCUT2D eigenvalue weighted by Crippen LogP contribution is -2.35. The standard InChI is InChI=1S/C14H19NO2/c1-10(14(16)17-2)9-15-13-7-11-5-3-4-6-12(11)8-13/h3-6,10,13,15H,7-9H2,1-2H3. The zero-order chi connectivity index (χ0) is 12.3. The van der Waals surface area contributed by atoms with Crippen molar-refractivity contribution < 1.29 is 9.53 Å². The second kappa shape index (κ2) is 5.32. The molecule has 0 spiro atoms. The number of esters is 1. The summed E-state index contributed by atoms with van der Waals surface area (Å²) >= 11 is 0. The Balaban J connectivity index is 1.82. The number of nitrogens with one attached hydrogen (secondary N) is 1. The summed E-state index contributed by atoms with van der Waals surface area (Å²) in [5.74, 6) is -0.225. The summed E-state index contributed by atoms with van der Waals surface area (Å²) in [6, 6.07) is 8.98. The second-order valence-electron chi connectivity index (χ2n) is 4.71. The molecule has 1 unspecified atom stereocenters. The number of hydrogen-bond acceptors (Lipinski definition) is 3. The van der Waals surface area contributed by atoms with Crippen LogP contribution >= 0.6 is 0 Å². The van der Waals surface area contributed by atoms with Gasteiger partial charge in [-0.1, -0.05) is 31.2 Å². The number of carbonyl (C=O) groups excluding carboxylic acids is 1. The van der Waals surface area contributed by atoms with Gasteiger partial charge in [-0.2, -0.15) is 0 Å². The first-order valence-electron chi connectivity index (χ1n) is 6.08. The van der Waals surface area contributed by atoms with Crippen molar-refractivity contribution in [1.82, 2.24) is 5.32 Å². The molecule has 1 aromatic rings. The van der Waals surface area contributed by atoms with E-state index in [0.717, 1.165) is 12.8 Å². The van der Waals surface area contributed by atoms with E-state index in [2.05, 4.69) is 29.6 Å². The van der Waals surface area contributed by atoms with Crippen molar-refractivity contribution in [3.05, 3.63) is 35.4 Å².